The molecule has 2 aliphatic rings. The molecule has 2 aliphatic carbocycles. The third-order valence-electron chi connectivity index (χ3n) is 4.79. The molecule has 0 radical (unpaired) electrons. The second-order valence-corrected chi connectivity index (χ2v) is 7.03. The number of rotatable bonds is 4. The lowest BCUT2D eigenvalue weighted by Gasteiger charge is -2.23. The fourth-order valence-corrected chi connectivity index (χ4v) is 3.79. The molecule has 2 saturated carbocycles. The smallest absolute Gasteiger partial charge is 0.224 e. The van der Waals surface area contributed by atoms with E-state index in [2.05, 4.69) is 33.4 Å². The third-order valence-corrected chi connectivity index (χ3v) is 5.28. The van der Waals surface area contributed by atoms with Gasteiger partial charge in [-0.2, -0.15) is 0 Å². The molecule has 3 nitrogen and oxygen atoms in total. The van der Waals surface area contributed by atoms with E-state index in [1.54, 1.807) is 0 Å². The molecule has 1 amide bonds. The topological polar surface area (TPSA) is 55.1 Å². The highest BCUT2D eigenvalue weighted by molar-refractivity contribution is 9.10. The molecule has 3 N–H and O–H groups in total. The molecular formula is C16H22BrClN2O. The third kappa shape index (κ3) is 3.43. The molecule has 21 heavy (non-hydrogen) atoms. The van der Waals surface area contributed by atoms with Gasteiger partial charge >= 0.3 is 0 Å². The van der Waals surface area contributed by atoms with Crippen molar-refractivity contribution in [2.24, 2.45) is 17.6 Å². The highest BCUT2D eigenvalue weighted by Crippen LogP contribution is 2.46. The summed E-state index contributed by atoms with van der Waals surface area (Å²) in [6, 6.07) is 8.27. The van der Waals surface area contributed by atoms with Crippen molar-refractivity contribution in [2.75, 3.05) is 6.54 Å². The van der Waals surface area contributed by atoms with Crippen LogP contribution in [0, 0.1) is 11.8 Å². The van der Waals surface area contributed by atoms with Crippen molar-refractivity contribution in [3.05, 3.63) is 34.3 Å². The average molecular weight is 374 g/mol. The number of nitrogens with one attached hydrogen (secondary N) is 1. The molecule has 2 fully saturated rings. The van der Waals surface area contributed by atoms with Crippen LogP contribution in [0.4, 0.5) is 0 Å². The van der Waals surface area contributed by atoms with Crippen molar-refractivity contribution in [1.29, 1.82) is 0 Å². The Hall–Kier alpha value is -0.580. The van der Waals surface area contributed by atoms with E-state index in [-0.39, 0.29) is 29.8 Å². The van der Waals surface area contributed by atoms with Crippen LogP contribution in [-0.4, -0.2) is 12.5 Å². The van der Waals surface area contributed by atoms with Crippen molar-refractivity contribution in [1.82, 2.24) is 5.32 Å². The maximum absolute atomic E-state index is 12.6. The Bertz CT molecular complexity index is 519. The molecule has 0 saturated heterocycles. The first-order valence-electron chi connectivity index (χ1n) is 7.43. The van der Waals surface area contributed by atoms with Gasteiger partial charge in [-0.3, -0.25) is 4.79 Å². The number of carbonyl (C=O) groups excluding carboxylic acids is 1. The Labute approximate surface area is 140 Å². The Kier molecular flexibility index (Phi) is 5.33. The van der Waals surface area contributed by atoms with E-state index in [0.717, 1.165) is 36.6 Å². The summed E-state index contributed by atoms with van der Waals surface area (Å²) < 4.78 is 1.07. The summed E-state index contributed by atoms with van der Waals surface area (Å²) in [5.74, 6) is 0.688. The minimum Gasteiger partial charge on any atom is -0.346 e. The lowest BCUT2D eigenvalue weighted by Crippen LogP contribution is -2.41. The molecule has 0 unspecified atom stereocenters. The van der Waals surface area contributed by atoms with Crippen LogP contribution in [0.5, 0.6) is 0 Å². The molecule has 0 aromatic heterocycles. The molecule has 1 aromatic carbocycles. The lowest BCUT2D eigenvalue weighted by molar-refractivity contribution is -0.127. The lowest BCUT2D eigenvalue weighted by atomic mass is 9.94. The number of hydrogen-bond donors (Lipinski definition) is 2. The molecule has 5 heteroatoms. The highest BCUT2D eigenvalue weighted by Gasteiger charge is 2.47. The van der Waals surface area contributed by atoms with Gasteiger partial charge in [-0.15, -0.1) is 12.4 Å². The summed E-state index contributed by atoms with van der Waals surface area (Å²) in [7, 11) is 0. The second kappa shape index (κ2) is 6.67. The van der Waals surface area contributed by atoms with Gasteiger partial charge in [0.1, 0.15) is 0 Å². The number of halogens is 2. The maximum atomic E-state index is 12.6. The van der Waals surface area contributed by atoms with Gasteiger partial charge in [0.25, 0.3) is 0 Å². The van der Waals surface area contributed by atoms with Crippen molar-refractivity contribution >= 4 is 34.2 Å². The SMILES string of the molecule is Cl.NC[C@H]1CCC[C@H]1C(=O)NC1(c2cccc(Br)c2)CC1. The van der Waals surface area contributed by atoms with Crippen LogP contribution in [0.2, 0.25) is 0 Å². The monoisotopic (exact) mass is 372 g/mol. The van der Waals surface area contributed by atoms with Gasteiger partial charge < -0.3 is 11.1 Å². The van der Waals surface area contributed by atoms with Crippen molar-refractivity contribution in [3.8, 4) is 0 Å². The minimum absolute atomic E-state index is 0. The van der Waals surface area contributed by atoms with E-state index in [4.69, 9.17) is 5.73 Å². The Morgan fingerprint density at radius 1 is 1.38 bits per heavy atom. The van der Waals surface area contributed by atoms with Crippen LogP contribution in [0.3, 0.4) is 0 Å². The fraction of sp³-hybridized carbons (Fsp3) is 0.562. The molecule has 0 heterocycles. The van der Waals surface area contributed by atoms with E-state index in [9.17, 15) is 4.79 Å². The van der Waals surface area contributed by atoms with Crippen LogP contribution in [-0.2, 0) is 10.3 Å². The van der Waals surface area contributed by atoms with Crippen molar-refractivity contribution in [2.45, 2.75) is 37.6 Å². The summed E-state index contributed by atoms with van der Waals surface area (Å²) in [4.78, 5) is 12.6. The predicted octanol–water partition coefficient (Wildman–Crippen LogP) is 3.35. The van der Waals surface area contributed by atoms with Gasteiger partial charge in [0.2, 0.25) is 5.91 Å². The molecule has 3 rings (SSSR count). The van der Waals surface area contributed by atoms with Gasteiger partial charge in [0.05, 0.1) is 5.54 Å². The zero-order valence-corrected chi connectivity index (χ0v) is 14.4. The van der Waals surface area contributed by atoms with Crippen LogP contribution < -0.4 is 11.1 Å². The molecule has 0 aliphatic heterocycles. The largest absolute Gasteiger partial charge is 0.346 e. The molecule has 0 bridgehead atoms. The first-order chi connectivity index (χ1) is 9.64. The number of benzene rings is 1. The zero-order valence-electron chi connectivity index (χ0n) is 12.0. The van der Waals surface area contributed by atoms with Gasteiger partial charge in [0, 0.05) is 10.4 Å². The predicted molar refractivity (Wildman–Crippen MR) is 90.3 cm³/mol. The first kappa shape index (κ1) is 16.8. The maximum Gasteiger partial charge on any atom is 0.224 e. The van der Waals surface area contributed by atoms with Crippen LogP contribution >= 0.6 is 28.3 Å². The molecule has 0 spiro atoms. The Morgan fingerprint density at radius 3 is 2.76 bits per heavy atom. The van der Waals surface area contributed by atoms with Gasteiger partial charge in [-0.05, 0) is 55.8 Å². The Morgan fingerprint density at radius 2 is 2.14 bits per heavy atom. The molecule has 116 valence electrons. The van der Waals surface area contributed by atoms with E-state index in [1.165, 1.54) is 5.56 Å². The number of nitrogens with two attached hydrogens (primary N) is 1. The number of amides is 1. The number of carbonyl (C=O) groups is 1. The molecule has 2 atom stereocenters. The van der Waals surface area contributed by atoms with Crippen molar-refractivity contribution in [3.63, 3.8) is 0 Å². The summed E-state index contributed by atoms with van der Waals surface area (Å²) in [5, 5.41) is 3.30. The summed E-state index contributed by atoms with van der Waals surface area (Å²) >= 11 is 3.51. The number of hydrogen-bond acceptors (Lipinski definition) is 2. The normalized spacial score (nSPS) is 26.0. The summed E-state index contributed by atoms with van der Waals surface area (Å²) in [6.45, 7) is 0.627. The van der Waals surface area contributed by atoms with Gasteiger partial charge in [0.15, 0.2) is 0 Å². The van der Waals surface area contributed by atoms with E-state index >= 15 is 0 Å². The van der Waals surface area contributed by atoms with Crippen LogP contribution in [0.1, 0.15) is 37.7 Å². The summed E-state index contributed by atoms with van der Waals surface area (Å²) in [6.07, 6.45) is 5.29. The summed E-state index contributed by atoms with van der Waals surface area (Å²) in [5.41, 5.74) is 6.87. The highest BCUT2D eigenvalue weighted by atomic mass is 79.9. The van der Waals surface area contributed by atoms with Crippen LogP contribution in [0.15, 0.2) is 28.7 Å². The van der Waals surface area contributed by atoms with E-state index < -0.39 is 0 Å². The van der Waals surface area contributed by atoms with Crippen molar-refractivity contribution < 1.29 is 4.79 Å². The average Bonchev–Trinajstić information content (AvgIpc) is 3.06. The first-order valence-corrected chi connectivity index (χ1v) is 8.22. The zero-order chi connectivity index (χ0) is 14.2. The van der Waals surface area contributed by atoms with Gasteiger partial charge in [-0.1, -0.05) is 34.5 Å². The minimum atomic E-state index is -0.122. The van der Waals surface area contributed by atoms with E-state index in [0.29, 0.717) is 12.5 Å². The second-order valence-electron chi connectivity index (χ2n) is 6.11. The Balaban J connectivity index is 0.00000161. The van der Waals surface area contributed by atoms with E-state index in [1.807, 2.05) is 12.1 Å². The quantitative estimate of drug-likeness (QED) is 0.850. The van der Waals surface area contributed by atoms with Gasteiger partial charge in [-0.25, -0.2) is 0 Å². The van der Waals surface area contributed by atoms with Crippen LogP contribution in [0.25, 0.3) is 0 Å². The molecule has 1 aromatic rings. The fourth-order valence-electron chi connectivity index (χ4n) is 3.39. The molecular weight excluding hydrogens is 352 g/mol. The standard InChI is InChI=1S/C16H21BrN2O.ClH/c17-13-5-2-4-12(9-13)16(7-8-16)19-15(20)14-6-1-3-11(14)10-18;/h2,4-5,9,11,14H,1,3,6-8,10,18H2,(H,19,20);1H/t11-,14-;/m1./s1.